The van der Waals surface area contributed by atoms with Crippen molar-refractivity contribution in [3.8, 4) is 0 Å². The van der Waals surface area contributed by atoms with Crippen molar-refractivity contribution in [2.75, 3.05) is 19.4 Å². The second-order valence-corrected chi connectivity index (χ2v) is 3.75. The van der Waals surface area contributed by atoms with Gasteiger partial charge in [0.25, 0.3) is 0 Å². The van der Waals surface area contributed by atoms with Crippen LogP contribution in [0, 0.1) is 0 Å². The van der Waals surface area contributed by atoms with E-state index in [1.54, 1.807) is 14.1 Å². The summed E-state index contributed by atoms with van der Waals surface area (Å²) in [4.78, 5) is 12.7. The molecular formula is C9H11BrN2O. The fourth-order valence-corrected chi connectivity index (χ4v) is 1.20. The summed E-state index contributed by atoms with van der Waals surface area (Å²) in [6, 6.07) is 7.34. The summed E-state index contributed by atoms with van der Waals surface area (Å²) < 4.78 is 0.948. The van der Waals surface area contributed by atoms with Crippen LogP contribution in [0.1, 0.15) is 0 Å². The predicted octanol–water partition coefficient (Wildman–Crippen LogP) is 2.54. The molecule has 70 valence electrons. The van der Waals surface area contributed by atoms with Crippen molar-refractivity contribution in [1.29, 1.82) is 0 Å². The Bertz CT molecular complexity index is 312. The number of halogens is 1. The maximum atomic E-state index is 11.2. The van der Waals surface area contributed by atoms with Gasteiger partial charge in [-0.25, -0.2) is 4.79 Å². The van der Waals surface area contributed by atoms with E-state index in [1.165, 1.54) is 4.90 Å². The Morgan fingerprint density at radius 1 is 1.46 bits per heavy atom. The minimum Gasteiger partial charge on any atom is -0.331 e. The van der Waals surface area contributed by atoms with Crippen LogP contribution in [0.3, 0.4) is 0 Å². The quantitative estimate of drug-likeness (QED) is 0.807. The van der Waals surface area contributed by atoms with E-state index in [1.807, 2.05) is 24.3 Å². The molecule has 0 spiro atoms. The van der Waals surface area contributed by atoms with Gasteiger partial charge in [0.05, 0.1) is 0 Å². The van der Waals surface area contributed by atoms with Gasteiger partial charge in [-0.2, -0.15) is 0 Å². The first-order valence-electron chi connectivity index (χ1n) is 3.83. The van der Waals surface area contributed by atoms with E-state index in [2.05, 4.69) is 21.2 Å². The van der Waals surface area contributed by atoms with Crippen LogP contribution in [-0.2, 0) is 0 Å². The largest absolute Gasteiger partial charge is 0.331 e. The number of anilines is 1. The third-order valence-electron chi connectivity index (χ3n) is 1.48. The van der Waals surface area contributed by atoms with Crippen molar-refractivity contribution in [1.82, 2.24) is 4.90 Å². The summed E-state index contributed by atoms with van der Waals surface area (Å²) in [7, 11) is 3.40. The summed E-state index contributed by atoms with van der Waals surface area (Å²) in [5.74, 6) is 0. The lowest BCUT2D eigenvalue weighted by Gasteiger charge is -2.11. The predicted molar refractivity (Wildman–Crippen MR) is 56.8 cm³/mol. The molecule has 4 heteroatoms. The van der Waals surface area contributed by atoms with E-state index in [4.69, 9.17) is 0 Å². The number of carbonyl (C=O) groups excluding carboxylic acids is 1. The summed E-state index contributed by atoms with van der Waals surface area (Å²) in [6.45, 7) is 0. The number of benzene rings is 1. The third kappa shape index (κ3) is 3.06. The molecule has 0 aromatic heterocycles. The van der Waals surface area contributed by atoms with Crippen LogP contribution in [0.25, 0.3) is 0 Å². The molecule has 1 rings (SSSR count). The van der Waals surface area contributed by atoms with Gasteiger partial charge in [0.1, 0.15) is 0 Å². The zero-order valence-electron chi connectivity index (χ0n) is 7.54. The van der Waals surface area contributed by atoms with Gasteiger partial charge in [-0.3, -0.25) is 0 Å². The molecule has 1 aromatic rings. The average Bonchev–Trinajstić information content (AvgIpc) is 2.04. The highest BCUT2D eigenvalue weighted by molar-refractivity contribution is 9.10. The van der Waals surface area contributed by atoms with Crippen molar-refractivity contribution in [2.45, 2.75) is 0 Å². The SMILES string of the molecule is CN(C)C(=O)Nc1cccc(Br)c1. The first-order chi connectivity index (χ1) is 6.09. The van der Waals surface area contributed by atoms with Gasteiger partial charge >= 0.3 is 6.03 Å². The van der Waals surface area contributed by atoms with E-state index in [0.29, 0.717) is 0 Å². The molecule has 0 bridgehead atoms. The van der Waals surface area contributed by atoms with E-state index in [0.717, 1.165) is 10.2 Å². The normalized spacial score (nSPS) is 9.46. The zero-order chi connectivity index (χ0) is 9.84. The number of hydrogen-bond acceptors (Lipinski definition) is 1. The van der Waals surface area contributed by atoms with Crippen LogP contribution in [-0.4, -0.2) is 25.0 Å². The number of amides is 2. The summed E-state index contributed by atoms with van der Waals surface area (Å²) in [5, 5.41) is 2.74. The third-order valence-corrected chi connectivity index (χ3v) is 1.98. The maximum Gasteiger partial charge on any atom is 0.321 e. The molecule has 3 nitrogen and oxygen atoms in total. The Labute approximate surface area is 85.9 Å². The lowest BCUT2D eigenvalue weighted by Crippen LogP contribution is -2.27. The molecule has 0 radical (unpaired) electrons. The average molecular weight is 243 g/mol. The van der Waals surface area contributed by atoms with Gasteiger partial charge in [0.2, 0.25) is 0 Å². The maximum absolute atomic E-state index is 11.2. The van der Waals surface area contributed by atoms with Crippen molar-refractivity contribution < 1.29 is 4.79 Å². The lowest BCUT2D eigenvalue weighted by atomic mass is 10.3. The Hall–Kier alpha value is -1.03. The van der Waals surface area contributed by atoms with Gasteiger partial charge in [-0.15, -0.1) is 0 Å². The molecule has 1 aromatic carbocycles. The minimum atomic E-state index is -0.127. The van der Waals surface area contributed by atoms with Gasteiger partial charge < -0.3 is 10.2 Å². The van der Waals surface area contributed by atoms with Crippen molar-refractivity contribution in [3.63, 3.8) is 0 Å². The van der Waals surface area contributed by atoms with E-state index >= 15 is 0 Å². The number of nitrogens with zero attached hydrogens (tertiary/aromatic N) is 1. The fourth-order valence-electron chi connectivity index (χ4n) is 0.802. The van der Waals surface area contributed by atoms with Gasteiger partial charge in [-0.05, 0) is 18.2 Å². The van der Waals surface area contributed by atoms with Gasteiger partial charge in [0.15, 0.2) is 0 Å². The van der Waals surface area contributed by atoms with E-state index in [-0.39, 0.29) is 6.03 Å². The van der Waals surface area contributed by atoms with Crippen LogP contribution in [0.5, 0.6) is 0 Å². The number of hydrogen-bond donors (Lipinski definition) is 1. The molecule has 0 saturated carbocycles. The Morgan fingerprint density at radius 3 is 2.69 bits per heavy atom. The minimum absolute atomic E-state index is 0.127. The molecule has 0 atom stereocenters. The molecule has 1 N–H and O–H groups in total. The van der Waals surface area contributed by atoms with Gasteiger partial charge in [0, 0.05) is 24.3 Å². The number of rotatable bonds is 1. The highest BCUT2D eigenvalue weighted by Gasteiger charge is 2.02. The first-order valence-corrected chi connectivity index (χ1v) is 4.63. The molecule has 2 amide bonds. The number of carbonyl (C=O) groups is 1. The molecule has 0 aliphatic heterocycles. The number of urea groups is 1. The van der Waals surface area contributed by atoms with Crippen LogP contribution >= 0.6 is 15.9 Å². The van der Waals surface area contributed by atoms with Crippen LogP contribution < -0.4 is 5.32 Å². The summed E-state index contributed by atoms with van der Waals surface area (Å²) in [5.41, 5.74) is 0.785. The first kappa shape index (κ1) is 10.1. The van der Waals surface area contributed by atoms with Gasteiger partial charge in [-0.1, -0.05) is 22.0 Å². The van der Waals surface area contributed by atoms with Crippen LogP contribution in [0.2, 0.25) is 0 Å². The number of nitrogens with one attached hydrogen (secondary N) is 1. The Kier molecular flexibility index (Phi) is 3.31. The van der Waals surface area contributed by atoms with E-state index in [9.17, 15) is 4.79 Å². The smallest absolute Gasteiger partial charge is 0.321 e. The highest BCUT2D eigenvalue weighted by atomic mass is 79.9. The molecular weight excluding hydrogens is 232 g/mol. The van der Waals surface area contributed by atoms with Crippen molar-refractivity contribution >= 4 is 27.6 Å². The lowest BCUT2D eigenvalue weighted by molar-refractivity contribution is 0.230. The van der Waals surface area contributed by atoms with Crippen molar-refractivity contribution in [2.24, 2.45) is 0 Å². The Morgan fingerprint density at radius 2 is 2.15 bits per heavy atom. The molecule has 0 unspecified atom stereocenters. The standard InChI is InChI=1S/C9H11BrN2O/c1-12(2)9(13)11-8-5-3-4-7(10)6-8/h3-6H,1-2H3,(H,11,13). The van der Waals surface area contributed by atoms with Crippen LogP contribution in [0.15, 0.2) is 28.7 Å². The summed E-state index contributed by atoms with van der Waals surface area (Å²) in [6.07, 6.45) is 0. The second-order valence-electron chi connectivity index (χ2n) is 2.83. The fraction of sp³-hybridized carbons (Fsp3) is 0.222. The van der Waals surface area contributed by atoms with Crippen LogP contribution in [0.4, 0.5) is 10.5 Å². The zero-order valence-corrected chi connectivity index (χ0v) is 9.13. The molecule has 0 saturated heterocycles. The summed E-state index contributed by atoms with van der Waals surface area (Å²) >= 11 is 3.32. The topological polar surface area (TPSA) is 32.3 Å². The molecule has 0 heterocycles. The highest BCUT2D eigenvalue weighted by Crippen LogP contribution is 2.15. The monoisotopic (exact) mass is 242 g/mol. The molecule has 0 aliphatic rings. The second kappa shape index (κ2) is 4.28. The molecule has 13 heavy (non-hydrogen) atoms. The van der Waals surface area contributed by atoms with E-state index < -0.39 is 0 Å². The molecule has 0 aliphatic carbocycles. The molecule has 0 fully saturated rings. The van der Waals surface area contributed by atoms with Crippen molar-refractivity contribution in [3.05, 3.63) is 28.7 Å². The Balaban J connectivity index is 2.69.